The Hall–Kier alpha value is -4.05. The Morgan fingerprint density at radius 2 is 1.83 bits per heavy atom. The molecule has 4 aromatic carbocycles. The number of ether oxygens (including phenoxy) is 2. The maximum Gasteiger partial charge on any atom is 0.252 e. The van der Waals surface area contributed by atoms with Gasteiger partial charge in [0, 0.05) is 51.0 Å². The van der Waals surface area contributed by atoms with Crippen molar-refractivity contribution in [2.45, 2.75) is 37.5 Å². The third-order valence-corrected chi connectivity index (χ3v) is 8.87. The maximum absolute atomic E-state index is 14.6. The van der Waals surface area contributed by atoms with Crippen LogP contribution in [0.2, 0.25) is 10.0 Å². The number of hydrogen-bond acceptors (Lipinski definition) is 6. The van der Waals surface area contributed by atoms with E-state index in [-0.39, 0.29) is 25.5 Å². The van der Waals surface area contributed by atoms with Crippen molar-refractivity contribution in [2.75, 3.05) is 19.8 Å². The van der Waals surface area contributed by atoms with Gasteiger partial charge < -0.3 is 19.9 Å². The minimum absolute atomic E-state index is 0.0422. The lowest BCUT2D eigenvalue weighted by atomic mass is 9.80. The van der Waals surface area contributed by atoms with Gasteiger partial charge in [-0.3, -0.25) is 4.79 Å². The first-order chi connectivity index (χ1) is 22.8. The normalized spacial score (nSPS) is 16.9. The molecule has 0 saturated heterocycles. The number of benzene rings is 4. The quantitative estimate of drug-likeness (QED) is 0.0586. The van der Waals surface area contributed by atoms with E-state index >= 15 is 0 Å². The molecule has 1 heterocycles. The summed E-state index contributed by atoms with van der Waals surface area (Å²) < 4.78 is 13.3. The number of carbonyl (C=O) groups is 1. The Labute approximate surface area is 291 Å². The van der Waals surface area contributed by atoms with Crippen molar-refractivity contribution in [2.24, 2.45) is 10.1 Å². The zero-order valence-electron chi connectivity index (χ0n) is 25.3. The molecule has 1 aliphatic heterocycles. The molecule has 2 N–H and O–H groups in total. The van der Waals surface area contributed by atoms with Crippen LogP contribution in [0.4, 0.5) is 0 Å². The molecule has 242 valence electrons. The molecule has 0 aliphatic carbocycles. The van der Waals surface area contributed by atoms with Gasteiger partial charge in [-0.2, -0.15) is 0 Å². The molecule has 4 aromatic rings. The second-order valence-corrected chi connectivity index (χ2v) is 12.7. The van der Waals surface area contributed by atoms with E-state index in [2.05, 4.69) is 31.3 Å². The molecule has 12 heteroatoms. The standard InChI is InChI=1S/C35H32BrCl2N5O4/c36-27-11-6-23(7-12-27)21-35(34(45)40-17-16-24-8-13-28(37)20-31(24)38)32(30-5-2-1-4-26(30)22-41-43-39)47-33(42-35)25-9-14-29(15-10-25)46-19-3-18-44/h1-2,4-15,20,32,44H,3,16-19,21-22H2,(H,40,45)/t32-,35-/m1/s1. The summed E-state index contributed by atoms with van der Waals surface area (Å²) in [6, 6.07) is 27.7. The molecule has 0 aromatic heterocycles. The molecular formula is C35H32BrCl2N5O4. The Morgan fingerprint density at radius 1 is 1.06 bits per heavy atom. The molecule has 0 spiro atoms. The van der Waals surface area contributed by atoms with Crippen molar-refractivity contribution in [1.29, 1.82) is 0 Å². The Morgan fingerprint density at radius 3 is 2.55 bits per heavy atom. The minimum atomic E-state index is -1.43. The summed E-state index contributed by atoms with van der Waals surface area (Å²) >= 11 is 16.0. The number of hydrogen-bond donors (Lipinski definition) is 2. The van der Waals surface area contributed by atoms with E-state index in [9.17, 15) is 4.79 Å². The van der Waals surface area contributed by atoms with Crippen molar-refractivity contribution in [3.05, 3.63) is 144 Å². The fourth-order valence-corrected chi connectivity index (χ4v) is 6.17. The van der Waals surface area contributed by atoms with Crippen LogP contribution >= 0.6 is 39.1 Å². The molecule has 1 amide bonds. The van der Waals surface area contributed by atoms with E-state index in [1.807, 2.05) is 66.7 Å². The monoisotopic (exact) mass is 735 g/mol. The molecule has 0 unspecified atom stereocenters. The van der Waals surface area contributed by atoms with Gasteiger partial charge in [0.2, 0.25) is 5.90 Å². The van der Waals surface area contributed by atoms with E-state index in [1.165, 1.54) is 0 Å². The summed E-state index contributed by atoms with van der Waals surface area (Å²) in [7, 11) is 0. The molecule has 5 rings (SSSR count). The molecule has 0 bridgehead atoms. The van der Waals surface area contributed by atoms with Gasteiger partial charge in [-0.25, -0.2) is 4.99 Å². The largest absolute Gasteiger partial charge is 0.494 e. The first-order valence-electron chi connectivity index (χ1n) is 15.0. The van der Waals surface area contributed by atoms with Crippen molar-refractivity contribution < 1.29 is 19.4 Å². The summed E-state index contributed by atoms with van der Waals surface area (Å²) in [5.74, 6) is 0.605. The van der Waals surface area contributed by atoms with Crippen LogP contribution in [0.25, 0.3) is 10.4 Å². The SMILES string of the molecule is [N-]=[N+]=NCc1ccccc1[C@H]1OC(c2ccc(OCCCO)cc2)=N[C@@]1(Cc1ccc(Br)cc1)C(=O)NCCc1ccc(Cl)cc1Cl. The van der Waals surface area contributed by atoms with Crippen molar-refractivity contribution in [3.63, 3.8) is 0 Å². The molecule has 9 nitrogen and oxygen atoms in total. The van der Waals surface area contributed by atoms with Gasteiger partial charge in [0.1, 0.15) is 5.75 Å². The second kappa shape index (κ2) is 16.2. The fourth-order valence-electron chi connectivity index (χ4n) is 5.40. The number of aliphatic hydroxyl groups is 1. The number of carbonyl (C=O) groups excluding carboxylic acids is 1. The van der Waals surface area contributed by atoms with Gasteiger partial charge >= 0.3 is 0 Å². The van der Waals surface area contributed by atoms with Gasteiger partial charge in [-0.15, -0.1) is 0 Å². The molecular weight excluding hydrogens is 705 g/mol. The lowest BCUT2D eigenvalue weighted by Gasteiger charge is -2.32. The highest BCUT2D eigenvalue weighted by atomic mass is 79.9. The molecule has 0 saturated carbocycles. The third-order valence-electron chi connectivity index (χ3n) is 7.75. The van der Waals surface area contributed by atoms with Crippen LogP contribution in [0.3, 0.4) is 0 Å². The molecule has 0 fully saturated rings. The highest BCUT2D eigenvalue weighted by Gasteiger charge is 2.53. The first kappa shape index (κ1) is 34.3. The van der Waals surface area contributed by atoms with Crippen LogP contribution in [-0.4, -0.2) is 42.2 Å². The lowest BCUT2D eigenvalue weighted by Crippen LogP contribution is -2.50. The number of rotatable bonds is 14. The zero-order valence-corrected chi connectivity index (χ0v) is 28.4. The molecule has 47 heavy (non-hydrogen) atoms. The van der Waals surface area contributed by atoms with Gasteiger partial charge in [-0.1, -0.05) is 86.7 Å². The topological polar surface area (TPSA) is 129 Å². The Balaban J connectivity index is 1.56. The van der Waals surface area contributed by atoms with E-state index in [0.717, 1.165) is 21.2 Å². The van der Waals surface area contributed by atoms with E-state index < -0.39 is 11.6 Å². The molecule has 1 aliphatic rings. The van der Waals surface area contributed by atoms with Crippen molar-refractivity contribution in [3.8, 4) is 5.75 Å². The zero-order chi connectivity index (χ0) is 33.2. The number of amides is 1. The van der Waals surface area contributed by atoms with Crippen molar-refractivity contribution >= 4 is 50.9 Å². The summed E-state index contributed by atoms with van der Waals surface area (Å²) in [5.41, 5.74) is 11.5. The minimum Gasteiger partial charge on any atom is -0.494 e. The summed E-state index contributed by atoms with van der Waals surface area (Å²) in [6.07, 6.45) is 0.363. The van der Waals surface area contributed by atoms with Gasteiger partial charge in [-0.05, 0) is 82.7 Å². The summed E-state index contributed by atoms with van der Waals surface area (Å²) in [6.45, 7) is 0.794. The predicted molar refractivity (Wildman–Crippen MR) is 187 cm³/mol. The van der Waals surface area contributed by atoms with Crippen LogP contribution in [0, 0.1) is 0 Å². The van der Waals surface area contributed by atoms with Crippen molar-refractivity contribution in [1.82, 2.24) is 5.32 Å². The highest BCUT2D eigenvalue weighted by Crippen LogP contribution is 2.44. The summed E-state index contributed by atoms with van der Waals surface area (Å²) in [5, 5.41) is 17.1. The van der Waals surface area contributed by atoms with E-state index in [4.69, 9.17) is 48.3 Å². The average Bonchev–Trinajstić information content (AvgIpc) is 3.46. The number of aliphatic hydroxyl groups excluding tert-OH is 1. The Bertz CT molecular complexity index is 1780. The third kappa shape index (κ3) is 8.46. The fraction of sp³-hybridized carbons (Fsp3) is 0.257. The molecule has 0 radical (unpaired) electrons. The second-order valence-electron chi connectivity index (χ2n) is 10.9. The van der Waals surface area contributed by atoms with Gasteiger partial charge in [0.25, 0.3) is 5.91 Å². The highest BCUT2D eigenvalue weighted by molar-refractivity contribution is 9.10. The van der Waals surface area contributed by atoms with E-state index in [0.29, 0.717) is 58.8 Å². The van der Waals surface area contributed by atoms with Crippen LogP contribution in [0.15, 0.2) is 106 Å². The number of azide groups is 1. The van der Waals surface area contributed by atoms with Crippen LogP contribution in [0.5, 0.6) is 5.75 Å². The van der Waals surface area contributed by atoms with Crippen LogP contribution in [0.1, 0.15) is 40.3 Å². The maximum atomic E-state index is 14.6. The van der Waals surface area contributed by atoms with Gasteiger partial charge in [0.15, 0.2) is 11.6 Å². The smallest absolute Gasteiger partial charge is 0.252 e. The predicted octanol–water partition coefficient (Wildman–Crippen LogP) is 8.19. The molecule has 2 atom stereocenters. The average molecular weight is 737 g/mol. The summed E-state index contributed by atoms with van der Waals surface area (Å²) in [4.78, 5) is 22.6. The lowest BCUT2D eigenvalue weighted by molar-refractivity contribution is -0.128. The number of nitrogens with zero attached hydrogens (tertiary/aromatic N) is 4. The van der Waals surface area contributed by atoms with E-state index in [1.54, 1.807) is 24.3 Å². The number of nitrogens with one attached hydrogen (secondary N) is 1. The van der Waals surface area contributed by atoms with Crippen LogP contribution in [-0.2, 0) is 28.9 Å². The van der Waals surface area contributed by atoms with Crippen LogP contribution < -0.4 is 10.1 Å². The number of halogens is 3. The number of aliphatic imine (C=N–C) groups is 1. The Kier molecular flexibility index (Phi) is 11.8. The first-order valence-corrected chi connectivity index (χ1v) is 16.5. The van der Waals surface area contributed by atoms with Gasteiger partial charge in [0.05, 0.1) is 13.2 Å².